The Kier molecular flexibility index (Phi) is 10.3. The molecular formula is C45H48FN5O3. The molecule has 0 N–H and O–H groups in total. The number of ether oxygens (including phenoxy) is 2. The molecule has 0 unspecified atom stereocenters. The molecule has 9 heteroatoms. The van der Waals surface area contributed by atoms with E-state index in [4.69, 9.17) is 14.5 Å². The molecule has 3 aliphatic rings. The number of amides is 1. The molecule has 0 radical (unpaired) electrons. The lowest BCUT2D eigenvalue weighted by molar-refractivity contribution is -0.121. The third kappa shape index (κ3) is 7.43. The molecule has 0 bridgehead atoms. The van der Waals surface area contributed by atoms with E-state index in [1.54, 1.807) is 11.0 Å². The van der Waals surface area contributed by atoms with Gasteiger partial charge < -0.3 is 14.4 Å². The van der Waals surface area contributed by atoms with Crippen molar-refractivity contribution in [2.45, 2.75) is 57.7 Å². The number of pyridine rings is 1. The van der Waals surface area contributed by atoms with Crippen LogP contribution in [-0.4, -0.2) is 72.2 Å². The summed E-state index contributed by atoms with van der Waals surface area (Å²) in [7, 11) is 0. The topological polar surface area (TPSA) is 61.4 Å². The molecule has 54 heavy (non-hydrogen) atoms. The first-order valence-electron chi connectivity index (χ1n) is 19.1. The number of rotatable bonds is 11. The minimum Gasteiger partial charge on any atom is -0.473 e. The highest BCUT2D eigenvalue weighted by molar-refractivity contribution is 6.14. The first-order valence-corrected chi connectivity index (χ1v) is 19.1. The summed E-state index contributed by atoms with van der Waals surface area (Å²) in [6.07, 6.45) is -0.273. The number of halogens is 1. The van der Waals surface area contributed by atoms with E-state index in [0.717, 1.165) is 73.8 Å². The fourth-order valence-electron chi connectivity index (χ4n) is 8.20. The minimum atomic E-state index is -1.00. The molecule has 5 aromatic rings. The van der Waals surface area contributed by atoms with Gasteiger partial charge >= 0.3 is 0 Å². The molecule has 2 fully saturated rings. The number of fused-ring (bicyclic) bond motifs is 1. The van der Waals surface area contributed by atoms with Gasteiger partial charge in [-0.05, 0) is 55.2 Å². The van der Waals surface area contributed by atoms with E-state index in [-0.39, 0.29) is 25.1 Å². The maximum atomic E-state index is 16.3. The molecule has 4 heterocycles. The van der Waals surface area contributed by atoms with Gasteiger partial charge in [-0.1, -0.05) is 97.1 Å². The van der Waals surface area contributed by atoms with Crippen LogP contribution in [0.5, 0.6) is 11.8 Å². The highest BCUT2D eigenvalue weighted by Gasteiger charge is 2.48. The summed E-state index contributed by atoms with van der Waals surface area (Å²) in [6.45, 7) is 10.1. The van der Waals surface area contributed by atoms with E-state index in [1.165, 1.54) is 5.56 Å². The smallest absolute Gasteiger partial charge is 0.242 e. The van der Waals surface area contributed by atoms with Gasteiger partial charge in [0.2, 0.25) is 17.7 Å². The standard InChI is InChI=1S/C45H48FN5O3/c1-45(2)42-38(50-24-23-37(36(46)30-50)49-27-25-48(26-28-49)29-33-13-6-3-7-14-33)19-12-20-39(42)51(44(45)52)40-21-22-41(53-31-34-15-8-4-9-16-34)47-43(40)54-32-35-17-10-5-11-18-35/h3-22,36-37H,23-32H2,1-2H3/t36-,37+/m0/s1. The second kappa shape index (κ2) is 15.6. The molecular weight excluding hydrogens is 678 g/mol. The molecule has 0 saturated carbocycles. The maximum Gasteiger partial charge on any atom is 0.242 e. The van der Waals surface area contributed by atoms with Gasteiger partial charge in [0, 0.05) is 62.6 Å². The van der Waals surface area contributed by atoms with Crippen LogP contribution >= 0.6 is 0 Å². The van der Waals surface area contributed by atoms with Crippen LogP contribution in [0.2, 0.25) is 0 Å². The number of piperazine rings is 1. The molecule has 8 nitrogen and oxygen atoms in total. The van der Waals surface area contributed by atoms with E-state index in [0.29, 0.717) is 24.1 Å². The first kappa shape index (κ1) is 35.8. The quantitative estimate of drug-likeness (QED) is 0.137. The molecule has 8 rings (SSSR count). The van der Waals surface area contributed by atoms with Gasteiger partial charge in [-0.15, -0.1) is 0 Å². The third-order valence-electron chi connectivity index (χ3n) is 11.1. The fourth-order valence-corrected chi connectivity index (χ4v) is 8.20. The van der Waals surface area contributed by atoms with Crippen molar-refractivity contribution < 1.29 is 18.7 Å². The number of hydrogen-bond acceptors (Lipinski definition) is 7. The minimum absolute atomic E-state index is 0.0886. The summed E-state index contributed by atoms with van der Waals surface area (Å²) in [4.78, 5) is 28.0. The van der Waals surface area contributed by atoms with Crippen molar-refractivity contribution in [3.05, 3.63) is 144 Å². The summed E-state index contributed by atoms with van der Waals surface area (Å²) in [5, 5.41) is 0. The van der Waals surface area contributed by atoms with Crippen LogP contribution in [0.25, 0.3) is 0 Å². The Morgan fingerprint density at radius 3 is 1.94 bits per heavy atom. The van der Waals surface area contributed by atoms with Crippen LogP contribution in [0.15, 0.2) is 121 Å². The Bertz CT molecular complexity index is 2040. The Morgan fingerprint density at radius 1 is 0.685 bits per heavy atom. The fraction of sp³-hybridized carbons (Fsp3) is 0.333. The van der Waals surface area contributed by atoms with Crippen molar-refractivity contribution in [1.29, 1.82) is 0 Å². The zero-order valence-corrected chi connectivity index (χ0v) is 31.1. The van der Waals surface area contributed by atoms with E-state index in [9.17, 15) is 4.79 Å². The highest BCUT2D eigenvalue weighted by atomic mass is 19.1. The number of nitrogens with zero attached hydrogens (tertiary/aromatic N) is 5. The third-order valence-corrected chi connectivity index (χ3v) is 11.1. The summed E-state index contributed by atoms with van der Waals surface area (Å²) in [6, 6.07) is 39.9. The van der Waals surface area contributed by atoms with Gasteiger partial charge in [-0.25, -0.2) is 4.39 Å². The van der Waals surface area contributed by atoms with Gasteiger partial charge in [0.25, 0.3) is 0 Å². The van der Waals surface area contributed by atoms with Crippen molar-refractivity contribution in [2.24, 2.45) is 0 Å². The lowest BCUT2D eigenvalue weighted by atomic mass is 9.84. The van der Waals surface area contributed by atoms with Crippen LogP contribution < -0.4 is 19.3 Å². The molecule has 1 aromatic heterocycles. The van der Waals surface area contributed by atoms with Crippen molar-refractivity contribution >= 4 is 23.0 Å². The second-order valence-corrected chi connectivity index (χ2v) is 15.1. The van der Waals surface area contributed by atoms with Crippen molar-refractivity contribution in [3.63, 3.8) is 0 Å². The molecule has 0 aliphatic carbocycles. The number of alkyl halides is 1. The van der Waals surface area contributed by atoms with Crippen LogP contribution in [-0.2, 0) is 30.0 Å². The molecule has 3 aliphatic heterocycles. The average Bonchev–Trinajstić information content (AvgIpc) is 3.41. The zero-order chi connectivity index (χ0) is 37.1. The largest absolute Gasteiger partial charge is 0.473 e. The van der Waals surface area contributed by atoms with Gasteiger partial charge in [-0.3, -0.25) is 19.5 Å². The monoisotopic (exact) mass is 725 g/mol. The van der Waals surface area contributed by atoms with Crippen molar-refractivity contribution in [3.8, 4) is 11.8 Å². The summed E-state index contributed by atoms with van der Waals surface area (Å²) >= 11 is 0. The van der Waals surface area contributed by atoms with Gasteiger partial charge in [0.1, 0.15) is 25.1 Å². The zero-order valence-electron chi connectivity index (χ0n) is 31.1. The molecule has 0 spiro atoms. The maximum absolute atomic E-state index is 16.3. The Balaban J connectivity index is 1.02. The predicted octanol–water partition coefficient (Wildman–Crippen LogP) is 7.93. The van der Waals surface area contributed by atoms with Gasteiger partial charge in [-0.2, -0.15) is 4.98 Å². The van der Waals surface area contributed by atoms with Crippen LogP contribution in [0.4, 0.5) is 21.5 Å². The van der Waals surface area contributed by atoms with E-state index < -0.39 is 11.6 Å². The predicted molar refractivity (Wildman–Crippen MR) is 211 cm³/mol. The number of carbonyl (C=O) groups is 1. The number of hydrogen-bond donors (Lipinski definition) is 0. The number of benzene rings is 4. The van der Waals surface area contributed by atoms with Crippen molar-refractivity contribution in [1.82, 2.24) is 14.8 Å². The number of anilines is 3. The first-order chi connectivity index (χ1) is 26.3. The molecule has 2 atom stereocenters. The number of aromatic nitrogens is 1. The van der Waals surface area contributed by atoms with Gasteiger partial charge in [0.05, 0.1) is 17.6 Å². The van der Waals surface area contributed by atoms with Crippen LogP contribution in [0.3, 0.4) is 0 Å². The van der Waals surface area contributed by atoms with Gasteiger partial charge in [0.15, 0.2) is 0 Å². The molecule has 4 aromatic carbocycles. The summed E-state index contributed by atoms with van der Waals surface area (Å²) in [5.74, 6) is 0.620. The SMILES string of the molecule is CC1(C)C(=O)N(c2ccc(OCc3ccccc3)nc2OCc2ccccc2)c2cccc(N3CC[C@@H](N4CCN(Cc5ccccc5)CC4)[C@@H](F)C3)c21. The molecule has 278 valence electrons. The molecule has 1 amide bonds. The Hall–Kier alpha value is -5.25. The van der Waals surface area contributed by atoms with Crippen molar-refractivity contribution in [2.75, 3.05) is 49.1 Å². The Morgan fingerprint density at radius 2 is 1.30 bits per heavy atom. The van der Waals surface area contributed by atoms with E-state index >= 15 is 4.39 Å². The van der Waals surface area contributed by atoms with Crippen LogP contribution in [0, 0.1) is 0 Å². The van der Waals surface area contributed by atoms with Crippen LogP contribution in [0.1, 0.15) is 42.5 Å². The normalized spacial score (nSPS) is 20.2. The molecule has 2 saturated heterocycles. The average molecular weight is 726 g/mol. The summed E-state index contributed by atoms with van der Waals surface area (Å²) in [5.41, 5.74) is 5.56. The Labute approximate surface area is 317 Å². The number of piperidine rings is 1. The highest BCUT2D eigenvalue weighted by Crippen LogP contribution is 2.51. The van der Waals surface area contributed by atoms with E-state index in [1.807, 2.05) is 105 Å². The lowest BCUT2D eigenvalue weighted by Gasteiger charge is -2.45. The lowest BCUT2D eigenvalue weighted by Crippen LogP contribution is -2.57. The van der Waals surface area contributed by atoms with E-state index in [2.05, 4.69) is 39.0 Å². The summed E-state index contributed by atoms with van der Waals surface area (Å²) < 4.78 is 28.7. The second-order valence-electron chi connectivity index (χ2n) is 15.1. The number of carbonyl (C=O) groups excluding carboxylic acids is 1.